The van der Waals surface area contributed by atoms with Gasteiger partial charge in [0.25, 0.3) is 5.91 Å². The molecule has 7 heteroatoms. The molecule has 2 fully saturated rings. The smallest absolute Gasteiger partial charge is 0.355 e. The number of hydrogen-bond donors (Lipinski definition) is 1. The number of aryl methyl sites for hydroxylation is 1. The number of aromatic amines is 1. The van der Waals surface area contributed by atoms with Crippen LogP contribution < -0.4 is 0 Å². The number of carbonyl (C=O) groups excluding carboxylic acids is 3. The van der Waals surface area contributed by atoms with Gasteiger partial charge in [0.05, 0.1) is 11.7 Å². The number of amides is 1. The molecule has 29 heavy (non-hydrogen) atoms. The van der Waals surface area contributed by atoms with Gasteiger partial charge in [-0.2, -0.15) is 0 Å². The van der Waals surface area contributed by atoms with Crippen LogP contribution in [0.5, 0.6) is 0 Å². The second-order valence-corrected chi connectivity index (χ2v) is 8.50. The largest absolute Gasteiger partial charge is 0.459 e. The second-order valence-electron chi connectivity index (χ2n) is 8.50. The van der Waals surface area contributed by atoms with E-state index in [0.717, 1.165) is 25.8 Å². The van der Waals surface area contributed by atoms with Crippen LogP contribution in [0.3, 0.4) is 0 Å². The van der Waals surface area contributed by atoms with Crippen LogP contribution in [0.15, 0.2) is 0 Å². The van der Waals surface area contributed by atoms with Gasteiger partial charge in [-0.05, 0) is 64.9 Å². The third-order valence-corrected chi connectivity index (χ3v) is 6.08. The Morgan fingerprint density at radius 3 is 2.48 bits per heavy atom. The van der Waals surface area contributed by atoms with E-state index in [2.05, 4.69) is 4.98 Å². The summed E-state index contributed by atoms with van der Waals surface area (Å²) >= 11 is 0. The Bertz CT molecular complexity index is 780. The molecule has 0 bridgehead atoms. The van der Waals surface area contributed by atoms with Gasteiger partial charge >= 0.3 is 11.9 Å². The van der Waals surface area contributed by atoms with Crippen LogP contribution in [0.25, 0.3) is 0 Å². The minimum absolute atomic E-state index is 0.129. The molecule has 0 unspecified atom stereocenters. The minimum Gasteiger partial charge on any atom is -0.459 e. The van der Waals surface area contributed by atoms with Crippen molar-refractivity contribution in [1.29, 1.82) is 0 Å². The molecule has 1 N–H and O–H groups in total. The van der Waals surface area contributed by atoms with Crippen LogP contribution in [0.2, 0.25) is 0 Å². The standard InChI is InChI=1S/C22H32N2O5/c1-13(2)29-21(26)19-14(3)20(23-15(19)4)22(27)28-12-18(25)24-11-7-9-16-8-5-6-10-17(16)24/h13,16-17,23H,5-12H2,1-4H3/t16-,17-/m1/s1. The number of aromatic nitrogens is 1. The maximum Gasteiger partial charge on any atom is 0.355 e. The first-order chi connectivity index (χ1) is 13.8. The molecule has 1 saturated carbocycles. The Morgan fingerprint density at radius 1 is 1.07 bits per heavy atom. The summed E-state index contributed by atoms with van der Waals surface area (Å²) < 4.78 is 10.6. The molecule has 0 radical (unpaired) electrons. The number of H-pyrrole nitrogens is 1. The number of rotatable bonds is 5. The molecule has 2 heterocycles. The molecular weight excluding hydrogens is 372 g/mol. The molecule has 1 aliphatic heterocycles. The third-order valence-electron chi connectivity index (χ3n) is 6.08. The zero-order valence-corrected chi connectivity index (χ0v) is 17.9. The fourth-order valence-electron chi connectivity index (χ4n) is 4.75. The maximum atomic E-state index is 12.7. The van der Waals surface area contributed by atoms with Crippen LogP contribution in [0.1, 0.15) is 84.5 Å². The van der Waals surface area contributed by atoms with Crippen LogP contribution in [-0.4, -0.2) is 53.0 Å². The molecule has 1 saturated heterocycles. The Labute approximate surface area is 172 Å². The molecule has 3 rings (SSSR count). The van der Waals surface area contributed by atoms with Crippen molar-refractivity contribution in [3.05, 3.63) is 22.5 Å². The van der Waals surface area contributed by atoms with Gasteiger partial charge in [0, 0.05) is 18.3 Å². The van der Waals surface area contributed by atoms with E-state index >= 15 is 0 Å². The number of nitrogens with one attached hydrogen (secondary N) is 1. The normalized spacial score (nSPS) is 21.6. The lowest BCUT2D eigenvalue weighted by Crippen LogP contribution is -2.50. The van der Waals surface area contributed by atoms with E-state index in [0.29, 0.717) is 22.7 Å². The summed E-state index contributed by atoms with van der Waals surface area (Å²) in [4.78, 5) is 42.4. The van der Waals surface area contributed by atoms with Gasteiger partial charge in [0.2, 0.25) is 0 Å². The zero-order valence-electron chi connectivity index (χ0n) is 17.9. The lowest BCUT2D eigenvalue weighted by molar-refractivity contribution is -0.140. The molecule has 2 atom stereocenters. The summed E-state index contributed by atoms with van der Waals surface area (Å²) in [6, 6.07) is 0.288. The molecule has 0 aromatic carbocycles. The minimum atomic E-state index is -0.625. The summed E-state index contributed by atoms with van der Waals surface area (Å²) in [6.07, 6.45) is 6.57. The van der Waals surface area contributed by atoms with Gasteiger partial charge in [0.15, 0.2) is 6.61 Å². The van der Waals surface area contributed by atoms with E-state index in [9.17, 15) is 14.4 Å². The van der Waals surface area contributed by atoms with Crippen LogP contribution >= 0.6 is 0 Å². The highest BCUT2D eigenvalue weighted by Gasteiger charge is 2.36. The van der Waals surface area contributed by atoms with E-state index in [1.807, 2.05) is 4.90 Å². The molecule has 1 aromatic rings. The lowest BCUT2D eigenvalue weighted by atomic mass is 9.78. The number of piperidine rings is 1. The summed E-state index contributed by atoms with van der Waals surface area (Å²) in [6.45, 7) is 7.40. The Balaban J connectivity index is 1.63. The number of esters is 2. The summed E-state index contributed by atoms with van der Waals surface area (Å²) in [5, 5.41) is 0. The van der Waals surface area contributed by atoms with Gasteiger partial charge in [-0.1, -0.05) is 12.8 Å². The highest BCUT2D eigenvalue weighted by Crippen LogP contribution is 2.35. The van der Waals surface area contributed by atoms with Gasteiger partial charge in [-0.3, -0.25) is 4.79 Å². The highest BCUT2D eigenvalue weighted by atomic mass is 16.5. The van der Waals surface area contributed by atoms with Gasteiger partial charge in [0.1, 0.15) is 5.69 Å². The average molecular weight is 405 g/mol. The van der Waals surface area contributed by atoms with E-state index < -0.39 is 11.9 Å². The quantitative estimate of drug-likeness (QED) is 0.759. The topological polar surface area (TPSA) is 88.7 Å². The first-order valence-electron chi connectivity index (χ1n) is 10.7. The fourth-order valence-corrected chi connectivity index (χ4v) is 4.75. The van der Waals surface area contributed by atoms with Gasteiger partial charge in [-0.25, -0.2) is 9.59 Å². The van der Waals surface area contributed by atoms with Crippen molar-refractivity contribution in [2.24, 2.45) is 5.92 Å². The van der Waals surface area contributed by atoms with E-state index in [4.69, 9.17) is 9.47 Å². The molecule has 2 aliphatic rings. The first kappa shape index (κ1) is 21.4. The summed E-state index contributed by atoms with van der Waals surface area (Å²) in [5.74, 6) is -0.645. The molecule has 1 amide bonds. The predicted octanol–water partition coefficient (Wildman–Crippen LogP) is 3.53. The van der Waals surface area contributed by atoms with Crippen molar-refractivity contribution in [1.82, 2.24) is 9.88 Å². The van der Waals surface area contributed by atoms with Crippen LogP contribution in [-0.2, 0) is 14.3 Å². The first-order valence-corrected chi connectivity index (χ1v) is 10.7. The molecule has 0 spiro atoms. The number of nitrogens with zero attached hydrogens (tertiary/aromatic N) is 1. The average Bonchev–Trinajstić information content (AvgIpc) is 2.99. The monoisotopic (exact) mass is 404 g/mol. The third kappa shape index (κ3) is 4.65. The maximum absolute atomic E-state index is 12.7. The lowest BCUT2D eigenvalue weighted by Gasteiger charge is -2.44. The van der Waals surface area contributed by atoms with Crippen molar-refractivity contribution in [3.8, 4) is 0 Å². The second kappa shape index (κ2) is 9.01. The predicted molar refractivity (Wildman–Crippen MR) is 108 cm³/mol. The summed E-state index contributed by atoms with van der Waals surface area (Å²) in [5.41, 5.74) is 1.57. The Hall–Kier alpha value is -2.31. The molecule has 1 aliphatic carbocycles. The Kier molecular flexibility index (Phi) is 6.65. The van der Waals surface area contributed by atoms with Gasteiger partial charge < -0.3 is 19.4 Å². The van der Waals surface area contributed by atoms with Crippen molar-refractivity contribution < 1.29 is 23.9 Å². The summed E-state index contributed by atoms with van der Waals surface area (Å²) in [7, 11) is 0. The number of fused-ring (bicyclic) bond motifs is 1. The number of likely N-dealkylation sites (tertiary alicyclic amines) is 1. The molecule has 1 aromatic heterocycles. The molecule has 7 nitrogen and oxygen atoms in total. The number of hydrogen-bond acceptors (Lipinski definition) is 5. The van der Waals surface area contributed by atoms with Crippen LogP contribution in [0.4, 0.5) is 0 Å². The highest BCUT2D eigenvalue weighted by molar-refractivity contribution is 5.99. The van der Waals surface area contributed by atoms with Crippen LogP contribution in [0, 0.1) is 19.8 Å². The van der Waals surface area contributed by atoms with Crippen molar-refractivity contribution >= 4 is 17.8 Å². The van der Waals surface area contributed by atoms with E-state index in [1.165, 1.54) is 19.3 Å². The fraction of sp³-hybridized carbons (Fsp3) is 0.682. The molecular formula is C22H32N2O5. The van der Waals surface area contributed by atoms with Crippen molar-refractivity contribution in [2.75, 3.05) is 13.2 Å². The van der Waals surface area contributed by atoms with Crippen molar-refractivity contribution in [3.63, 3.8) is 0 Å². The molecule has 160 valence electrons. The number of carbonyl (C=O) groups is 3. The Morgan fingerprint density at radius 2 is 1.76 bits per heavy atom. The zero-order chi connectivity index (χ0) is 21.1. The van der Waals surface area contributed by atoms with E-state index in [1.54, 1.807) is 27.7 Å². The van der Waals surface area contributed by atoms with E-state index in [-0.39, 0.29) is 30.4 Å². The van der Waals surface area contributed by atoms with Gasteiger partial charge in [-0.15, -0.1) is 0 Å². The SMILES string of the molecule is Cc1[nH]c(C(=O)OCC(=O)N2CCC[C@H]3CCCC[C@H]32)c(C)c1C(=O)OC(C)C. The number of ether oxygens (including phenoxy) is 2. The van der Waals surface area contributed by atoms with Crippen molar-refractivity contribution in [2.45, 2.75) is 78.4 Å².